The van der Waals surface area contributed by atoms with Crippen LogP contribution in [0.3, 0.4) is 0 Å². The highest BCUT2D eigenvalue weighted by molar-refractivity contribution is 7.90. The van der Waals surface area contributed by atoms with Crippen LogP contribution in [0, 0.1) is 29.5 Å². The molecule has 3 aliphatic carbocycles. The molecule has 1 spiro atoms. The van der Waals surface area contributed by atoms with E-state index in [1.807, 2.05) is 20.1 Å². The zero-order valence-electron chi connectivity index (χ0n) is 33.6. The predicted octanol–water partition coefficient (Wildman–Crippen LogP) is 6.20. The first-order valence-corrected chi connectivity index (χ1v) is 23.2. The molecule has 1 saturated carbocycles. The molecule has 3 fully saturated rings. The Balaban J connectivity index is 1.09. The number of fused-ring (bicyclic) bond motifs is 6. The number of methoxy groups -OCH3 is 1. The second-order valence-electron chi connectivity index (χ2n) is 18.2. The van der Waals surface area contributed by atoms with Gasteiger partial charge in [0, 0.05) is 83.2 Å². The molecule has 10 rings (SSSR count). The zero-order valence-corrected chi connectivity index (χ0v) is 35.2. The Kier molecular flexibility index (Phi) is 10.7. The molecule has 1 amide bonds. The van der Waals surface area contributed by atoms with Gasteiger partial charge in [-0.15, -0.1) is 0 Å². The first-order chi connectivity index (χ1) is 27.4. The van der Waals surface area contributed by atoms with Crippen molar-refractivity contribution in [1.82, 2.24) is 14.5 Å². The lowest BCUT2D eigenvalue weighted by atomic mass is 9.58. The van der Waals surface area contributed by atoms with Crippen LogP contribution in [0.2, 0.25) is 5.02 Å². The molecule has 8 aliphatic rings. The van der Waals surface area contributed by atoms with Crippen molar-refractivity contribution in [1.29, 1.82) is 0 Å². The van der Waals surface area contributed by atoms with Crippen molar-refractivity contribution in [3.8, 4) is 5.75 Å². The van der Waals surface area contributed by atoms with Gasteiger partial charge in [-0.3, -0.25) is 14.6 Å². The molecule has 310 valence electrons. The highest BCUT2D eigenvalue weighted by Crippen LogP contribution is 2.54. The number of amides is 1. The number of allylic oxidation sites excluding steroid dienone is 1. The van der Waals surface area contributed by atoms with Crippen LogP contribution in [-0.4, -0.2) is 114 Å². The summed E-state index contributed by atoms with van der Waals surface area (Å²) in [5.41, 5.74) is 2.86. The number of anilines is 1. The number of rotatable bonds is 4. The van der Waals surface area contributed by atoms with Gasteiger partial charge in [-0.05, 0) is 123 Å². The summed E-state index contributed by atoms with van der Waals surface area (Å²) in [5, 5.41) is -0.654. The molecule has 0 radical (unpaired) electrons. The van der Waals surface area contributed by atoms with E-state index in [-0.39, 0.29) is 40.1 Å². The zero-order chi connectivity index (χ0) is 39.7. The molecule has 0 aromatic heterocycles. The normalized spacial score (nSPS) is 34.8. The molecule has 2 aromatic rings. The van der Waals surface area contributed by atoms with E-state index >= 15 is 4.39 Å². The van der Waals surface area contributed by atoms with Gasteiger partial charge < -0.3 is 19.1 Å². The van der Waals surface area contributed by atoms with Crippen molar-refractivity contribution in [2.24, 2.45) is 23.7 Å². The average molecular weight is 825 g/mol. The second kappa shape index (κ2) is 15.4. The molecule has 7 atom stereocenters. The van der Waals surface area contributed by atoms with Gasteiger partial charge in [0.25, 0.3) is 5.91 Å². The summed E-state index contributed by atoms with van der Waals surface area (Å²) in [5.74, 6) is 0.00660. The maximum absolute atomic E-state index is 15.7. The van der Waals surface area contributed by atoms with Crippen LogP contribution < -0.4 is 14.4 Å². The van der Waals surface area contributed by atoms with Crippen molar-refractivity contribution in [3.63, 3.8) is 0 Å². The van der Waals surface area contributed by atoms with Crippen LogP contribution in [0.1, 0.15) is 80.3 Å². The topological polar surface area (TPSA) is 101 Å². The van der Waals surface area contributed by atoms with Gasteiger partial charge in [0.2, 0.25) is 10.0 Å². The fourth-order valence-corrected chi connectivity index (χ4v) is 13.0. The minimum atomic E-state index is -4.00. The van der Waals surface area contributed by atoms with Crippen molar-refractivity contribution in [2.75, 3.05) is 77.6 Å². The summed E-state index contributed by atoms with van der Waals surface area (Å²) in [7, 11) is -2.13. The largest absolute Gasteiger partial charge is 0.490 e. The third kappa shape index (κ3) is 7.01. The van der Waals surface area contributed by atoms with E-state index in [9.17, 15) is 13.2 Å². The van der Waals surface area contributed by atoms with E-state index in [1.165, 1.54) is 5.57 Å². The van der Waals surface area contributed by atoms with Crippen LogP contribution in [0.4, 0.5) is 10.1 Å². The monoisotopic (exact) mass is 824 g/mol. The summed E-state index contributed by atoms with van der Waals surface area (Å²) in [6.45, 7) is 11.8. The molecule has 57 heavy (non-hydrogen) atoms. The Hall–Kier alpha value is -2.74. The van der Waals surface area contributed by atoms with Gasteiger partial charge in [-0.2, -0.15) is 0 Å². The van der Waals surface area contributed by atoms with Crippen molar-refractivity contribution < 1.29 is 31.8 Å². The van der Waals surface area contributed by atoms with E-state index < -0.39 is 32.2 Å². The smallest absolute Gasteiger partial charge is 0.264 e. The summed E-state index contributed by atoms with van der Waals surface area (Å²) >= 11 is 6.33. The third-order valence-electron chi connectivity index (χ3n) is 15.4. The van der Waals surface area contributed by atoms with Crippen LogP contribution >= 0.6 is 11.6 Å². The summed E-state index contributed by atoms with van der Waals surface area (Å²) in [6, 6.07) is 9.46. The summed E-state index contributed by atoms with van der Waals surface area (Å²) < 4.78 is 64.9. The summed E-state index contributed by atoms with van der Waals surface area (Å²) in [6.07, 6.45) is 9.56. The van der Waals surface area contributed by atoms with Crippen LogP contribution in [0.15, 0.2) is 42.0 Å². The Labute approximate surface area is 342 Å². The molecule has 0 unspecified atom stereocenters. The molecule has 4 bridgehead atoms. The van der Waals surface area contributed by atoms with Gasteiger partial charge in [0.1, 0.15) is 17.2 Å². The van der Waals surface area contributed by atoms with E-state index in [0.29, 0.717) is 43.5 Å². The highest BCUT2D eigenvalue weighted by Gasteiger charge is 2.55. The third-order valence-corrected chi connectivity index (χ3v) is 17.5. The number of ether oxygens (including phenoxy) is 3. The fraction of sp³-hybridized carbons (Fsp3) is 0.659. The highest BCUT2D eigenvalue weighted by atomic mass is 35.5. The minimum Gasteiger partial charge on any atom is -0.490 e. The number of benzene rings is 2. The van der Waals surface area contributed by atoms with Gasteiger partial charge in [-0.1, -0.05) is 30.7 Å². The molecule has 5 aliphatic heterocycles. The molecule has 5 heterocycles. The lowest BCUT2D eigenvalue weighted by molar-refractivity contribution is -0.110. The number of carbonyl (C=O) groups is 1. The molecule has 1 N–H and O–H groups in total. The molecule has 2 aromatic carbocycles. The van der Waals surface area contributed by atoms with Crippen molar-refractivity contribution in [3.05, 3.63) is 69.5 Å². The molecular formula is C44H58ClFN4O6S. The second-order valence-corrected chi connectivity index (χ2v) is 20.6. The lowest BCUT2D eigenvalue weighted by Gasteiger charge is -2.56. The van der Waals surface area contributed by atoms with Crippen LogP contribution in [0.25, 0.3) is 0 Å². The molecule has 13 heteroatoms. The predicted molar refractivity (Wildman–Crippen MR) is 219 cm³/mol. The number of sulfonamides is 1. The van der Waals surface area contributed by atoms with E-state index in [2.05, 4.69) is 25.5 Å². The first kappa shape index (κ1) is 39.7. The molecule has 10 nitrogen and oxygen atoms in total. The number of carbonyl (C=O) groups excluding carboxylic acids is 1. The SMILES string of the molecule is CO[C@@]1(CN2CCN(C3CCOCC3)CC2)C2=C[C@@H](C2)[C@H](C)[C@@H](C)S(=O)(=O)NC(=O)c2ccc3c(c2)N(C[C@@H]2CC[C@H]21)C[C@@]1(CCCc2c1ccc(Cl)c2F)CO3. The van der Waals surface area contributed by atoms with Gasteiger partial charge >= 0.3 is 0 Å². The van der Waals surface area contributed by atoms with Crippen molar-refractivity contribution >= 4 is 33.2 Å². The maximum atomic E-state index is 15.7. The standard InChI is InChI=1S/C44H58ClFN4O6S/c1-28-29(2)57(52,53)47-42(51)30-7-11-40-39(23-30)50(25-43(27-56-40)14-4-5-35-37(43)9-10-38(45)41(35)46)24-31-6-8-36(31)44(54-3,33-21-32(28)22-33)26-48-15-17-49(18-16-48)34-12-19-55-20-13-34/h7,9-11,21,23,28-29,31-32,34,36H,4-6,8,12-20,22,24-27H2,1-3H3,(H,47,51)/t28-,29-,31+,32+,36-,43+,44+/m1/s1. The minimum absolute atomic E-state index is 0.0572. The lowest BCUT2D eigenvalue weighted by Crippen LogP contribution is -2.62. The Morgan fingerprint density at radius 1 is 1.05 bits per heavy atom. The van der Waals surface area contributed by atoms with E-state index in [0.717, 1.165) is 102 Å². The Morgan fingerprint density at radius 2 is 1.82 bits per heavy atom. The van der Waals surface area contributed by atoms with Crippen LogP contribution in [0.5, 0.6) is 5.75 Å². The quantitative estimate of drug-likeness (QED) is 0.362. The first-order valence-electron chi connectivity index (χ1n) is 21.3. The number of piperazine rings is 1. The Morgan fingerprint density at radius 3 is 2.54 bits per heavy atom. The van der Waals surface area contributed by atoms with E-state index in [4.69, 9.17) is 25.8 Å². The number of nitrogens with one attached hydrogen (secondary N) is 1. The maximum Gasteiger partial charge on any atom is 0.264 e. The van der Waals surface area contributed by atoms with E-state index in [1.54, 1.807) is 31.2 Å². The molecule has 2 saturated heterocycles. The number of halogens is 2. The molecular weight excluding hydrogens is 767 g/mol. The van der Waals surface area contributed by atoms with Crippen molar-refractivity contribution in [2.45, 2.75) is 87.5 Å². The van der Waals surface area contributed by atoms with Gasteiger partial charge in [0.15, 0.2) is 0 Å². The fourth-order valence-electron chi connectivity index (χ4n) is 11.5. The number of nitrogens with zero attached hydrogens (tertiary/aromatic N) is 3. The summed E-state index contributed by atoms with van der Waals surface area (Å²) in [4.78, 5) is 21.4. The van der Waals surface area contributed by atoms with Crippen LogP contribution in [-0.2, 0) is 31.3 Å². The van der Waals surface area contributed by atoms with Gasteiger partial charge in [0.05, 0.1) is 22.6 Å². The Bertz CT molecular complexity index is 2020. The number of hydrogen-bond acceptors (Lipinski definition) is 9. The van der Waals surface area contributed by atoms with Gasteiger partial charge in [-0.25, -0.2) is 17.5 Å². The average Bonchev–Trinajstić information content (AvgIpc) is 3.33. The number of hydrogen-bond donors (Lipinski definition) is 1.